The van der Waals surface area contributed by atoms with E-state index >= 15 is 0 Å². The minimum absolute atomic E-state index is 0.0553. The van der Waals surface area contributed by atoms with Gasteiger partial charge in [0.05, 0.1) is 12.3 Å². The van der Waals surface area contributed by atoms with E-state index in [2.05, 4.69) is 15.5 Å². The van der Waals surface area contributed by atoms with Crippen molar-refractivity contribution < 1.29 is 14.3 Å². The minimum Gasteiger partial charge on any atom is -0.486 e. The SMILES string of the molecule is Cc1nnc(SCC(=O)NCC2COc3ccccc3O2)s1. The molecule has 1 aromatic carbocycles. The number of carbonyl (C=O) groups is 1. The van der Waals surface area contributed by atoms with Crippen molar-refractivity contribution >= 4 is 29.0 Å². The third kappa shape index (κ3) is 3.89. The van der Waals surface area contributed by atoms with Crippen molar-refractivity contribution in [3.05, 3.63) is 29.3 Å². The van der Waals surface area contributed by atoms with E-state index in [1.165, 1.54) is 23.1 Å². The number of para-hydroxylation sites is 2. The van der Waals surface area contributed by atoms with Crippen LogP contribution in [0.15, 0.2) is 28.6 Å². The molecule has 3 rings (SSSR count). The fourth-order valence-electron chi connectivity index (χ4n) is 1.91. The predicted octanol–water partition coefficient (Wildman–Crippen LogP) is 1.89. The summed E-state index contributed by atoms with van der Waals surface area (Å²) in [6.45, 7) is 2.74. The predicted molar refractivity (Wildman–Crippen MR) is 84.7 cm³/mol. The molecular weight excluding hydrogens is 322 g/mol. The number of aryl methyl sites for hydroxylation is 1. The van der Waals surface area contributed by atoms with E-state index in [4.69, 9.17) is 9.47 Å². The number of carbonyl (C=O) groups excluding carboxylic acids is 1. The van der Waals surface area contributed by atoms with Gasteiger partial charge in [-0.1, -0.05) is 35.2 Å². The quantitative estimate of drug-likeness (QED) is 0.840. The Kier molecular flexibility index (Phi) is 4.79. The summed E-state index contributed by atoms with van der Waals surface area (Å²) in [6.07, 6.45) is -0.173. The van der Waals surface area contributed by atoms with Gasteiger partial charge in [0.25, 0.3) is 0 Å². The number of aromatic nitrogens is 2. The van der Waals surface area contributed by atoms with Crippen LogP contribution in [0, 0.1) is 6.92 Å². The van der Waals surface area contributed by atoms with Gasteiger partial charge in [0.2, 0.25) is 5.91 Å². The molecule has 0 saturated heterocycles. The van der Waals surface area contributed by atoms with Crippen molar-refractivity contribution in [1.82, 2.24) is 15.5 Å². The molecule has 8 heteroatoms. The van der Waals surface area contributed by atoms with Crippen LogP contribution in [-0.4, -0.2) is 41.1 Å². The van der Waals surface area contributed by atoms with Gasteiger partial charge in [-0.3, -0.25) is 4.79 Å². The first-order chi connectivity index (χ1) is 10.7. The summed E-state index contributed by atoms with van der Waals surface area (Å²) in [7, 11) is 0. The summed E-state index contributed by atoms with van der Waals surface area (Å²) in [4.78, 5) is 11.8. The smallest absolute Gasteiger partial charge is 0.230 e. The zero-order valence-electron chi connectivity index (χ0n) is 11.9. The van der Waals surface area contributed by atoms with E-state index in [1.54, 1.807) is 0 Å². The highest BCUT2D eigenvalue weighted by Gasteiger charge is 2.21. The van der Waals surface area contributed by atoms with E-state index in [1.807, 2.05) is 31.2 Å². The highest BCUT2D eigenvalue weighted by atomic mass is 32.2. The highest BCUT2D eigenvalue weighted by Crippen LogP contribution is 2.30. The summed E-state index contributed by atoms with van der Waals surface area (Å²) >= 11 is 2.87. The van der Waals surface area contributed by atoms with Crippen LogP contribution in [0.4, 0.5) is 0 Å². The molecule has 1 aromatic heterocycles. The largest absolute Gasteiger partial charge is 0.486 e. The van der Waals surface area contributed by atoms with Gasteiger partial charge in [-0.15, -0.1) is 10.2 Å². The third-order valence-electron chi connectivity index (χ3n) is 2.93. The Morgan fingerprint density at radius 3 is 3.00 bits per heavy atom. The van der Waals surface area contributed by atoms with Crippen LogP contribution in [0.2, 0.25) is 0 Å². The second-order valence-corrected chi connectivity index (χ2v) is 7.08. The molecule has 1 aliphatic heterocycles. The lowest BCUT2D eigenvalue weighted by molar-refractivity contribution is -0.119. The van der Waals surface area contributed by atoms with E-state index in [-0.39, 0.29) is 12.0 Å². The number of rotatable bonds is 5. The second kappa shape index (κ2) is 6.97. The van der Waals surface area contributed by atoms with Crippen LogP contribution >= 0.6 is 23.1 Å². The number of benzene rings is 1. The average molecular weight is 337 g/mol. The lowest BCUT2D eigenvalue weighted by Crippen LogP contribution is -2.41. The van der Waals surface area contributed by atoms with Crippen molar-refractivity contribution in [3.63, 3.8) is 0 Å². The number of nitrogens with zero attached hydrogens (tertiary/aromatic N) is 2. The van der Waals surface area contributed by atoms with Gasteiger partial charge < -0.3 is 14.8 Å². The third-order valence-corrected chi connectivity index (χ3v) is 4.90. The van der Waals surface area contributed by atoms with Gasteiger partial charge in [-0.05, 0) is 19.1 Å². The van der Waals surface area contributed by atoms with Crippen molar-refractivity contribution in [3.8, 4) is 11.5 Å². The fraction of sp³-hybridized carbons (Fsp3) is 0.357. The molecule has 1 unspecified atom stereocenters. The summed E-state index contributed by atoms with van der Waals surface area (Å²) in [5, 5.41) is 11.6. The Morgan fingerprint density at radius 2 is 2.23 bits per heavy atom. The molecule has 2 heterocycles. The molecule has 1 N–H and O–H groups in total. The lowest BCUT2D eigenvalue weighted by Gasteiger charge is -2.26. The molecule has 2 aromatic rings. The topological polar surface area (TPSA) is 73.3 Å². The summed E-state index contributed by atoms with van der Waals surface area (Å²) in [5.74, 6) is 1.72. The van der Waals surface area contributed by atoms with Gasteiger partial charge in [-0.2, -0.15) is 0 Å². The number of fused-ring (bicyclic) bond motifs is 1. The fourth-order valence-corrected chi connectivity index (χ4v) is 3.55. The van der Waals surface area contributed by atoms with Crippen LogP contribution in [0.1, 0.15) is 5.01 Å². The van der Waals surface area contributed by atoms with Gasteiger partial charge in [0.1, 0.15) is 17.7 Å². The summed E-state index contributed by atoms with van der Waals surface area (Å²) in [5.41, 5.74) is 0. The molecule has 22 heavy (non-hydrogen) atoms. The highest BCUT2D eigenvalue weighted by molar-refractivity contribution is 8.01. The van der Waals surface area contributed by atoms with Gasteiger partial charge in [-0.25, -0.2) is 0 Å². The maximum absolute atomic E-state index is 11.8. The van der Waals surface area contributed by atoms with Crippen molar-refractivity contribution in [2.45, 2.75) is 17.4 Å². The molecule has 1 aliphatic rings. The van der Waals surface area contributed by atoms with Crippen LogP contribution in [0.25, 0.3) is 0 Å². The van der Waals surface area contributed by atoms with Crippen molar-refractivity contribution in [2.24, 2.45) is 0 Å². The number of amides is 1. The number of nitrogens with one attached hydrogen (secondary N) is 1. The zero-order chi connectivity index (χ0) is 15.4. The number of thioether (sulfide) groups is 1. The molecule has 1 amide bonds. The molecule has 1 atom stereocenters. The van der Waals surface area contributed by atoms with Gasteiger partial charge >= 0.3 is 0 Å². The number of ether oxygens (including phenoxy) is 2. The first kappa shape index (κ1) is 15.1. The summed E-state index contributed by atoms with van der Waals surface area (Å²) in [6, 6.07) is 7.52. The Balaban J connectivity index is 1.42. The molecule has 0 spiro atoms. The van der Waals surface area contributed by atoms with Crippen molar-refractivity contribution in [1.29, 1.82) is 0 Å². The van der Waals surface area contributed by atoms with E-state index in [9.17, 15) is 4.79 Å². The van der Waals surface area contributed by atoms with Crippen LogP contribution in [0.3, 0.4) is 0 Å². The molecule has 0 fully saturated rings. The lowest BCUT2D eigenvalue weighted by atomic mass is 10.2. The normalized spacial score (nSPS) is 16.3. The Hall–Kier alpha value is -1.80. The first-order valence-electron chi connectivity index (χ1n) is 6.79. The molecule has 0 bridgehead atoms. The van der Waals surface area contributed by atoms with Crippen LogP contribution < -0.4 is 14.8 Å². The Labute approximate surface area is 136 Å². The first-order valence-corrected chi connectivity index (χ1v) is 8.59. The maximum atomic E-state index is 11.8. The van der Waals surface area contributed by atoms with E-state index in [0.29, 0.717) is 24.7 Å². The minimum atomic E-state index is -0.173. The van der Waals surface area contributed by atoms with E-state index < -0.39 is 0 Å². The molecule has 0 saturated carbocycles. The Morgan fingerprint density at radius 1 is 1.41 bits per heavy atom. The zero-order valence-corrected chi connectivity index (χ0v) is 13.6. The van der Waals surface area contributed by atoms with Crippen LogP contribution in [-0.2, 0) is 4.79 Å². The standard InChI is InChI=1S/C14H15N3O3S2/c1-9-16-17-14(22-9)21-8-13(18)15-6-10-7-19-11-4-2-3-5-12(11)20-10/h2-5,10H,6-8H2,1H3,(H,15,18). The molecule has 0 radical (unpaired) electrons. The molecular formula is C14H15N3O3S2. The molecule has 6 nitrogen and oxygen atoms in total. The monoisotopic (exact) mass is 337 g/mol. The Bertz CT molecular complexity index is 662. The maximum Gasteiger partial charge on any atom is 0.230 e. The number of hydrogen-bond donors (Lipinski definition) is 1. The molecule has 0 aliphatic carbocycles. The average Bonchev–Trinajstić information content (AvgIpc) is 2.96. The molecule has 116 valence electrons. The van der Waals surface area contributed by atoms with Gasteiger partial charge in [0, 0.05) is 0 Å². The van der Waals surface area contributed by atoms with Gasteiger partial charge in [0.15, 0.2) is 15.8 Å². The summed E-state index contributed by atoms with van der Waals surface area (Å²) < 4.78 is 12.2. The number of hydrogen-bond acceptors (Lipinski definition) is 7. The van der Waals surface area contributed by atoms with Crippen LogP contribution in [0.5, 0.6) is 11.5 Å². The second-order valence-electron chi connectivity index (χ2n) is 4.68. The van der Waals surface area contributed by atoms with Crippen molar-refractivity contribution in [2.75, 3.05) is 18.9 Å². The van der Waals surface area contributed by atoms with E-state index in [0.717, 1.165) is 15.1 Å².